The van der Waals surface area contributed by atoms with E-state index in [0.717, 1.165) is 54.0 Å². The molecule has 1 fully saturated rings. The zero-order chi connectivity index (χ0) is 21.2. The fourth-order valence-corrected chi connectivity index (χ4v) is 4.69. The van der Waals surface area contributed by atoms with Crippen molar-refractivity contribution in [3.63, 3.8) is 0 Å². The van der Waals surface area contributed by atoms with Gasteiger partial charge in [0.15, 0.2) is 0 Å². The summed E-state index contributed by atoms with van der Waals surface area (Å²) in [7, 11) is 0. The summed E-state index contributed by atoms with van der Waals surface area (Å²) >= 11 is 0. The van der Waals surface area contributed by atoms with E-state index >= 15 is 0 Å². The molecule has 0 spiro atoms. The quantitative estimate of drug-likeness (QED) is 0.369. The average molecular weight is 416 g/mol. The lowest BCUT2D eigenvalue weighted by Crippen LogP contribution is -2.17. The molecule has 1 aliphatic heterocycles. The van der Waals surface area contributed by atoms with Gasteiger partial charge in [-0.3, -0.25) is 0 Å². The van der Waals surface area contributed by atoms with E-state index in [2.05, 4.69) is 29.7 Å². The molecule has 0 atom stereocenters. The molecule has 0 amide bonds. The van der Waals surface area contributed by atoms with Crippen LogP contribution in [0.3, 0.4) is 0 Å². The Bertz CT molecular complexity index is 1180. The van der Waals surface area contributed by atoms with E-state index < -0.39 is 0 Å². The number of hydrogen-bond acceptors (Lipinski definition) is 2. The van der Waals surface area contributed by atoms with Crippen LogP contribution < -0.4 is 4.74 Å². The summed E-state index contributed by atoms with van der Waals surface area (Å²) in [5, 5.41) is 1.13. The van der Waals surface area contributed by atoms with Crippen molar-refractivity contribution in [1.82, 2.24) is 4.57 Å². The minimum atomic E-state index is -0.226. The lowest BCUT2D eigenvalue weighted by Gasteiger charge is -2.25. The Morgan fingerprint density at radius 1 is 0.935 bits per heavy atom. The SMILES string of the molecule is Cc1c(C2CCOCC2)n(-c2ccc(F)cc2)c2cccc(OCc3ccccc3)c12. The summed E-state index contributed by atoms with van der Waals surface area (Å²) in [5.74, 6) is 1.05. The molecule has 3 aromatic carbocycles. The normalized spacial score (nSPS) is 14.8. The van der Waals surface area contributed by atoms with Crippen LogP contribution in [0.1, 0.15) is 35.6 Å². The summed E-state index contributed by atoms with van der Waals surface area (Å²) in [6.07, 6.45) is 1.97. The first-order chi connectivity index (χ1) is 15.2. The first-order valence-electron chi connectivity index (χ1n) is 10.9. The third-order valence-corrected chi connectivity index (χ3v) is 6.18. The van der Waals surface area contributed by atoms with Gasteiger partial charge < -0.3 is 14.0 Å². The Morgan fingerprint density at radius 3 is 2.42 bits per heavy atom. The highest BCUT2D eigenvalue weighted by molar-refractivity contribution is 5.92. The lowest BCUT2D eigenvalue weighted by atomic mass is 9.93. The van der Waals surface area contributed by atoms with Crippen LogP contribution in [0.2, 0.25) is 0 Å². The van der Waals surface area contributed by atoms with Crippen LogP contribution in [-0.4, -0.2) is 17.8 Å². The molecule has 0 unspecified atom stereocenters. The van der Waals surface area contributed by atoms with Crippen molar-refractivity contribution in [1.29, 1.82) is 0 Å². The van der Waals surface area contributed by atoms with Gasteiger partial charge in [-0.2, -0.15) is 0 Å². The molecule has 158 valence electrons. The highest BCUT2D eigenvalue weighted by atomic mass is 19.1. The largest absolute Gasteiger partial charge is 0.488 e. The van der Waals surface area contributed by atoms with E-state index in [-0.39, 0.29) is 5.82 Å². The maximum absolute atomic E-state index is 13.7. The monoisotopic (exact) mass is 415 g/mol. The molecule has 0 radical (unpaired) electrons. The van der Waals surface area contributed by atoms with E-state index in [1.54, 1.807) is 0 Å². The van der Waals surface area contributed by atoms with Crippen molar-refractivity contribution in [2.24, 2.45) is 0 Å². The Morgan fingerprint density at radius 2 is 1.68 bits per heavy atom. The minimum Gasteiger partial charge on any atom is -0.488 e. The number of nitrogens with zero attached hydrogens (tertiary/aromatic N) is 1. The highest BCUT2D eigenvalue weighted by Gasteiger charge is 2.26. The van der Waals surface area contributed by atoms with Gasteiger partial charge in [0.25, 0.3) is 0 Å². The van der Waals surface area contributed by atoms with Gasteiger partial charge in [0.2, 0.25) is 0 Å². The number of ether oxygens (including phenoxy) is 2. The molecule has 4 heteroatoms. The number of fused-ring (bicyclic) bond motifs is 1. The predicted octanol–water partition coefficient (Wildman–Crippen LogP) is 6.55. The lowest BCUT2D eigenvalue weighted by molar-refractivity contribution is 0.0841. The van der Waals surface area contributed by atoms with E-state index in [9.17, 15) is 4.39 Å². The fourth-order valence-electron chi connectivity index (χ4n) is 4.69. The zero-order valence-electron chi connectivity index (χ0n) is 17.7. The number of benzene rings is 3. The van der Waals surface area contributed by atoms with Crippen molar-refractivity contribution in [3.8, 4) is 11.4 Å². The molecule has 31 heavy (non-hydrogen) atoms. The van der Waals surface area contributed by atoms with Crippen molar-refractivity contribution in [3.05, 3.63) is 95.4 Å². The first kappa shape index (κ1) is 19.8. The molecular formula is C27H26FNO2. The maximum Gasteiger partial charge on any atom is 0.129 e. The molecule has 5 rings (SSSR count). The topological polar surface area (TPSA) is 23.4 Å². The van der Waals surface area contributed by atoms with Crippen LogP contribution >= 0.6 is 0 Å². The van der Waals surface area contributed by atoms with Gasteiger partial charge >= 0.3 is 0 Å². The summed E-state index contributed by atoms with van der Waals surface area (Å²) in [4.78, 5) is 0. The molecule has 1 aromatic heterocycles. The Labute approximate surface area is 182 Å². The fraction of sp³-hybridized carbons (Fsp3) is 0.259. The predicted molar refractivity (Wildman–Crippen MR) is 122 cm³/mol. The number of rotatable bonds is 5. The third kappa shape index (κ3) is 3.84. The van der Waals surface area contributed by atoms with Crippen LogP contribution in [0.25, 0.3) is 16.6 Å². The number of aryl methyl sites for hydroxylation is 1. The van der Waals surface area contributed by atoms with Crippen molar-refractivity contribution in [2.75, 3.05) is 13.2 Å². The van der Waals surface area contributed by atoms with Crippen LogP contribution in [0.4, 0.5) is 4.39 Å². The molecule has 2 heterocycles. The van der Waals surface area contributed by atoms with Crippen LogP contribution in [-0.2, 0) is 11.3 Å². The number of halogens is 1. The molecule has 0 N–H and O–H groups in total. The summed E-state index contributed by atoms with van der Waals surface area (Å²) in [6, 6.07) is 23.2. The second-order valence-electron chi connectivity index (χ2n) is 8.13. The Hall–Kier alpha value is -3.11. The van der Waals surface area contributed by atoms with Gasteiger partial charge in [-0.25, -0.2) is 4.39 Å². The summed E-state index contributed by atoms with van der Waals surface area (Å²) in [5.41, 5.74) is 5.72. The van der Waals surface area contributed by atoms with E-state index in [1.165, 1.54) is 23.4 Å². The summed E-state index contributed by atoms with van der Waals surface area (Å²) in [6.45, 7) is 4.25. The van der Waals surface area contributed by atoms with Crippen molar-refractivity contribution >= 4 is 10.9 Å². The van der Waals surface area contributed by atoms with Crippen molar-refractivity contribution in [2.45, 2.75) is 32.3 Å². The zero-order valence-corrected chi connectivity index (χ0v) is 17.7. The third-order valence-electron chi connectivity index (χ3n) is 6.18. The molecule has 4 aromatic rings. The van der Waals surface area contributed by atoms with Crippen molar-refractivity contribution < 1.29 is 13.9 Å². The van der Waals surface area contributed by atoms with Crippen LogP contribution in [0.5, 0.6) is 5.75 Å². The Kier molecular flexibility index (Phi) is 5.47. The van der Waals surface area contributed by atoms with Crippen LogP contribution in [0, 0.1) is 12.7 Å². The Balaban J connectivity index is 1.65. The van der Waals surface area contributed by atoms with Gasteiger partial charge in [-0.1, -0.05) is 36.4 Å². The molecule has 0 bridgehead atoms. The van der Waals surface area contributed by atoms with Gasteiger partial charge in [-0.05, 0) is 67.3 Å². The van der Waals surface area contributed by atoms with Gasteiger partial charge in [0.1, 0.15) is 18.2 Å². The molecular weight excluding hydrogens is 389 g/mol. The number of hydrogen-bond donors (Lipinski definition) is 0. The van der Waals surface area contributed by atoms with Gasteiger partial charge in [-0.15, -0.1) is 0 Å². The molecule has 3 nitrogen and oxygen atoms in total. The average Bonchev–Trinajstić information content (AvgIpc) is 3.12. The first-order valence-corrected chi connectivity index (χ1v) is 10.9. The standard InChI is InChI=1S/C27H26FNO2/c1-19-26-24(8-5-9-25(26)31-18-20-6-3-2-4-7-20)29(23-12-10-22(28)11-13-23)27(19)21-14-16-30-17-15-21/h2-13,21H,14-18H2,1H3. The van der Waals surface area contributed by atoms with Crippen LogP contribution in [0.15, 0.2) is 72.8 Å². The smallest absolute Gasteiger partial charge is 0.129 e. The summed E-state index contributed by atoms with van der Waals surface area (Å²) < 4.78 is 27.9. The van der Waals surface area contributed by atoms with E-state index in [4.69, 9.17) is 9.47 Å². The molecule has 1 saturated heterocycles. The van der Waals surface area contributed by atoms with Gasteiger partial charge in [0, 0.05) is 35.9 Å². The highest BCUT2D eigenvalue weighted by Crippen LogP contribution is 2.41. The molecule has 0 saturated carbocycles. The van der Waals surface area contributed by atoms with E-state index in [1.807, 2.05) is 42.5 Å². The molecule has 0 aliphatic carbocycles. The number of aromatic nitrogens is 1. The minimum absolute atomic E-state index is 0.226. The second kappa shape index (κ2) is 8.56. The maximum atomic E-state index is 13.7. The van der Waals surface area contributed by atoms with E-state index in [0.29, 0.717) is 12.5 Å². The van der Waals surface area contributed by atoms with Gasteiger partial charge in [0.05, 0.1) is 5.52 Å². The molecule has 1 aliphatic rings. The second-order valence-corrected chi connectivity index (χ2v) is 8.13.